The number of aliphatic imine (C=N–C) groups is 1. The fraction of sp³-hybridized carbons (Fsp3) is 0.276. The molecule has 10 nitrogen and oxygen atoms in total. The van der Waals surface area contributed by atoms with Crippen LogP contribution in [0.2, 0.25) is 0 Å². The number of rotatable bonds is 3. The lowest BCUT2D eigenvalue weighted by Crippen LogP contribution is -2.29. The standard InChI is InChI=1S/C21H17F4N5O2.C8H6N2O/c22-19-12(4-3-6-26-19)15-8-16-13(9-27-15)18-14(20(31)29(16)11-21(23,24)25)10-28-30(18)17-5-1-2-7-32-17;11-8-2-4-10-7-1-3-9-5-6(7)8/h3-4,6,8-10,17H,1-2,5,7,11H2;1,3-5H,2H2. The van der Waals surface area contributed by atoms with Crippen molar-refractivity contribution in [3.05, 3.63) is 77.1 Å². The third-order valence-electron chi connectivity index (χ3n) is 7.11. The number of ketones is 1. The number of carbonyl (C=O) groups is 1. The Morgan fingerprint density at radius 3 is 2.60 bits per heavy atom. The Labute approximate surface area is 240 Å². The van der Waals surface area contributed by atoms with Crippen LogP contribution in [0.1, 0.15) is 42.3 Å². The summed E-state index contributed by atoms with van der Waals surface area (Å²) in [6, 6.07) is 5.93. The molecule has 0 spiro atoms. The first-order valence-corrected chi connectivity index (χ1v) is 13.4. The first-order chi connectivity index (χ1) is 20.7. The molecular formula is C29H23F4N7O3. The van der Waals surface area contributed by atoms with Crippen LogP contribution in [0.4, 0.5) is 23.2 Å². The highest BCUT2D eigenvalue weighted by Crippen LogP contribution is 2.32. The van der Waals surface area contributed by atoms with Crippen molar-refractivity contribution in [1.82, 2.24) is 29.3 Å². The van der Waals surface area contributed by atoms with Crippen LogP contribution in [0.15, 0.2) is 65.0 Å². The molecule has 0 amide bonds. The first-order valence-electron chi connectivity index (χ1n) is 13.4. The van der Waals surface area contributed by atoms with Gasteiger partial charge in [0.05, 0.1) is 45.1 Å². The van der Waals surface area contributed by atoms with Gasteiger partial charge in [0.15, 0.2) is 12.0 Å². The third-order valence-corrected chi connectivity index (χ3v) is 7.11. The zero-order valence-corrected chi connectivity index (χ0v) is 22.5. The number of ether oxygens (including phenoxy) is 1. The minimum atomic E-state index is -4.64. The first kappa shape index (κ1) is 28.3. The predicted octanol–water partition coefficient (Wildman–Crippen LogP) is 5.58. The van der Waals surface area contributed by atoms with E-state index in [9.17, 15) is 27.2 Å². The van der Waals surface area contributed by atoms with Crippen LogP contribution >= 0.6 is 0 Å². The van der Waals surface area contributed by atoms with Gasteiger partial charge < -0.3 is 4.74 Å². The topological polar surface area (TPSA) is 117 Å². The Bertz CT molecular complexity index is 1930. The van der Waals surface area contributed by atoms with Gasteiger partial charge in [0, 0.05) is 49.4 Å². The number of aromatic nitrogens is 6. The average Bonchev–Trinajstić information content (AvgIpc) is 3.46. The SMILES string of the molecule is O=C1CC=Nc2ccncc21.O=c1c2cnn(C3CCCCO3)c2c2cnc(-c3cccnc3F)cc2n1CC(F)(F)F. The fourth-order valence-electron chi connectivity index (χ4n) is 5.14. The summed E-state index contributed by atoms with van der Waals surface area (Å²) in [5.74, 6) is -0.714. The van der Waals surface area contributed by atoms with Gasteiger partial charge in [-0.3, -0.25) is 29.1 Å². The Kier molecular flexibility index (Phi) is 7.52. The number of fused-ring (bicyclic) bond motifs is 4. The van der Waals surface area contributed by atoms with E-state index in [4.69, 9.17) is 4.74 Å². The smallest absolute Gasteiger partial charge is 0.356 e. The largest absolute Gasteiger partial charge is 0.406 e. The summed E-state index contributed by atoms with van der Waals surface area (Å²) in [5, 5.41) is 4.60. The van der Waals surface area contributed by atoms with Crippen LogP contribution in [0.25, 0.3) is 33.1 Å². The Balaban J connectivity index is 0.000000250. The molecule has 0 aromatic carbocycles. The van der Waals surface area contributed by atoms with E-state index in [1.165, 1.54) is 41.5 Å². The number of alkyl halides is 3. The van der Waals surface area contributed by atoms with Crippen LogP contribution in [0, 0.1) is 5.95 Å². The quantitative estimate of drug-likeness (QED) is 0.198. The molecule has 2 aliphatic rings. The van der Waals surface area contributed by atoms with Crippen LogP contribution in [0.5, 0.6) is 0 Å². The highest BCUT2D eigenvalue weighted by molar-refractivity contribution is 6.09. The molecule has 0 aliphatic carbocycles. The van der Waals surface area contributed by atoms with E-state index >= 15 is 0 Å². The number of hydrogen-bond acceptors (Lipinski definition) is 8. The molecule has 14 heteroatoms. The maximum atomic E-state index is 14.2. The minimum Gasteiger partial charge on any atom is -0.356 e. The molecule has 1 fully saturated rings. The molecule has 5 aromatic rings. The summed E-state index contributed by atoms with van der Waals surface area (Å²) >= 11 is 0. The summed E-state index contributed by atoms with van der Waals surface area (Å²) in [7, 11) is 0. The van der Waals surface area contributed by atoms with Crippen molar-refractivity contribution in [2.45, 2.75) is 44.6 Å². The van der Waals surface area contributed by atoms with E-state index in [2.05, 4.69) is 25.0 Å². The molecule has 0 bridgehead atoms. The molecule has 1 atom stereocenters. The molecule has 0 saturated carbocycles. The number of halogens is 4. The second kappa shape index (κ2) is 11.4. The van der Waals surface area contributed by atoms with E-state index in [1.807, 2.05) is 0 Å². The average molecular weight is 594 g/mol. The highest BCUT2D eigenvalue weighted by atomic mass is 19.4. The van der Waals surface area contributed by atoms with Gasteiger partial charge >= 0.3 is 6.18 Å². The van der Waals surface area contributed by atoms with Crippen LogP contribution < -0.4 is 5.56 Å². The fourth-order valence-corrected chi connectivity index (χ4v) is 5.14. The van der Waals surface area contributed by atoms with Gasteiger partial charge in [-0.15, -0.1) is 0 Å². The molecule has 43 heavy (non-hydrogen) atoms. The van der Waals surface area contributed by atoms with Gasteiger partial charge in [-0.05, 0) is 43.5 Å². The van der Waals surface area contributed by atoms with Crippen molar-refractivity contribution in [3.63, 3.8) is 0 Å². The van der Waals surface area contributed by atoms with Crippen LogP contribution in [-0.2, 0) is 11.3 Å². The van der Waals surface area contributed by atoms with E-state index in [0.717, 1.165) is 18.5 Å². The lowest BCUT2D eigenvalue weighted by molar-refractivity contribution is -0.140. The molecule has 7 heterocycles. The second-order valence-corrected chi connectivity index (χ2v) is 9.94. The Hall–Kier alpha value is -4.85. The molecule has 0 radical (unpaired) electrons. The minimum absolute atomic E-state index is 0.0182. The molecular weight excluding hydrogens is 570 g/mol. The van der Waals surface area contributed by atoms with Crippen molar-refractivity contribution < 1.29 is 27.1 Å². The summed E-state index contributed by atoms with van der Waals surface area (Å²) in [5.41, 5.74) is 0.941. The van der Waals surface area contributed by atoms with Crippen molar-refractivity contribution in [1.29, 1.82) is 0 Å². The summed E-state index contributed by atoms with van der Waals surface area (Å²) in [6.07, 6.45) is 6.47. The maximum Gasteiger partial charge on any atom is 0.406 e. The van der Waals surface area contributed by atoms with Crippen molar-refractivity contribution in [2.75, 3.05) is 6.61 Å². The van der Waals surface area contributed by atoms with Crippen molar-refractivity contribution >= 4 is 39.5 Å². The molecule has 5 aromatic heterocycles. The summed E-state index contributed by atoms with van der Waals surface area (Å²) < 4.78 is 62.2. The third kappa shape index (κ3) is 5.65. The van der Waals surface area contributed by atoms with Gasteiger partial charge in [0.2, 0.25) is 5.95 Å². The monoisotopic (exact) mass is 593 g/mol. The van der Waals surface area contributed by atoms with E-state index in [-0.39, 0.29) is 27.9 Å². The highest BCUT2D eigenvalue weighted by Gasteiger charge is 2.31. The lowest BCUT2D eigenvalue weighted by Gasteiger charge is -2.24. The van der Waals surface area contributed by atoms with Gasteiger partial charge in [-0.1, -0.05) is 0 Å². The second-order valence-electron chi connectivity index (χ2n) is 9.94. The Morgan fingerprint density at radius 2 is 1.86 bits per heavy atom. The molecule has 1 saturated heterocycles. The maximum absolute atomic E-state index is 14.2. The normalized spacial score (nSPS) is 16.7. The van der Waals surface area contributed by atoms with E-state index in [0.29, 0.717) is 40.5 Å². The number of hydrogen-bond donors (Lipinski definition) is 0. The molecule has 0 N–H and O–H groups in total. The van der Waals surface area contributed by atoms with Crippen LogP contribution in [0.3, 0.4) is 0 Å². The molecule has 220 valence electrons. The van der Waals surface area contributed by atoms with Gasteiger partial charge in [0.1, 0.15) is 6.54 Å². The lowest BCUT2D eigenvalue weighted by atomic mass is 10.1. The number of carbonyl (C=O) groups excluding carboxylic acids is 1. The van der Waals surface area contributed by atoms with E-state index < -0.39 is 30.5 Å². The number of nitrogens with zero attached hydrogens (tertiary/aromatic N) is 7. The van der Waals surface area contributed by atoms with Crippen molar-refractivity contribution in [2.24, 2.45) is 4.99 Å². The number of Topliss-reactive ketones (excluding diaryl/α,β-unsaturated/α-hetero) is 1. The van der Waals surface area contributed by atoms with E-state index in [1.54, 1.807) is 24.7 Å². The molecule has 7 rings (SSSR count). The summed E-state index contributed by atoms with van der Waals surface area (Å²) in [4.78, 5) is 40.0. The predicted molar refractivity (Wildman–Crippen MR) is 149 cm³/mol. The Morgan fingerprint density at radius 1 is 1.00 bits per heavy atom. The zero-order chi connectivity index (χ0) is 30.1. The number of pyridine rings is 4. The molecule has 1 unspecified atom stereocenters. The summed E-state index contributed by atoms with van der Waals surface area (Å²) in [6.45, 7) is -0.972. The zero-order valence-electron chi connectivity index (χ0n) is 22.5. The van der Waals surface area contributed by atoms with Gasteiger partial charge in [-0.25, -0.2) is 9.67 Å². The van der Waals surface area contributed by atoms with Gasteiger partial charge in [-0.2, -0.15) is 22.7 Å². The van der Waals surface area contributed by atoms with Crippen LogP contribution in [-0.4, -0.2) is 54.1 Å². The van der Waals surface area contributed by atoms with Gasteiger partial charge in [0.25, 0.3) is 5.56 Å². The van der Waals surface area contributed by atoms with Crippen molar-refractivity contribution in [3.8, 4) is 11.3 Å². The molecule has 2 aliphatic heterocycles.